The molecule has 12 rings (SSSR count). The van der Waals surface area contributed by atoms with Crippen molar-refractivity contribution in [3.05, 3.63) is 130 Å². The van der Waals surface area contributed by atoms with Gasteiger partial charge in [0, 0.05) is 21.5 Å². The van der Waals surface area contributed by atoms with E-state index in [2.05, 4.69) is 115 Å². The van der Waals surface area contributed by atoms with E-state index in [0.29, 0.717) is 6.54 Å². The van der Waals surface area contributed by atoms with E-state index in [1.165, 1.54) is 0 Å². The number of hydrogen-bond acceptors (Lipinski definition) is 4. The van der Waals surface area contributed by atoms with Gasteiger partial charge < -0.3 is 0 Å². The normalized spacial score (nSPS) is 19.3. The van der Waals surface area contributed by atoms with E-state index >= 15 is 0 Å². The van der Waals surface area contributed by atoms with E-state index < -0.39 is 5.79 Å². The average molecular weight is 599 g/mol. The molecule has 2 bridgehead atoms. The minimum Gasteiger partial charge on any atom is -0.223 e. The van der Waals surface area contributed by atoms with E-state index in [0.717, 1.165) is 89.8 Å². The lowest BCUT2D eigenvalue weighted by atomic mass is 10.1. The largest absolute Gasteiger partial charge is 0.295 e. The Labute approximate surface area is 264 Å². The molecule has 1 unspecified atom stereocenters. The summed E-state index contributed by atoms with van der Waals surface area (Å²) in [6, 6.07) is 34.1. The van der Waals surface area contributed by atoms with Gasteiger partial charge in [0.2, 0.25) is 22.6 Å². The Kier molecular flexibility index (Phi) is 4.83. The van der Waals surface area contributed by atoms with E-state index in [4.69, 9.17) is 20.0 Å². The summed E-state index contributed by atoms with van der Waals surface area (Å²) >= 11 is 0. The van der Waals surface area contributed by atoms with Gasteiger partial charge in [0.05, 0.1) is 22.3 Å². The lowest BCUT2D eigenvalue weighted by Gasteiger charge is -2.37. The van der Waals surface area contributed by atoms with E-state index in [9.17, 15) is 0 Å². The maximum atomic E-state index is 5.51. The van der Waals surface area contributed by atoms with Crippen LogP contribution in [-0.2, 0) is 5.79 Å². The third kappa shape index (κ3) is 2.66. The van der Waals surface area contributed by atoms with Crippen molar-refractivity contribution in [2.45, 2.75) is 33.5 Å². The highest BCUT2D eigenvalue weighted by molar-refractivity contribution is 6.19. The van der Waals surface area contributed by atoms with Crippen LogP contribution in [0.4, 0.5) is 11.6 Å². The number of aromatic nitrogens is 2. The third-order valence-corrected chi connectivity index (χ3v) is 9.71. The van der Waals surface area contributed by atoms with Gasteiger partial charge in [-0.1, -0.05) is 96.2 Å². The number of rotatable bonds is 0. The topological polar surface area (TPSA) is 65.3 Å². The first-order valence-electron chi connectivity index (χ1n) is 16.2. The molecule has 6 aliphatic rings. The Morgan fingerprint density at radius 3 is 1.57 bits per heavy atom. The van der Waals surface area contributed by atoms with E-state index in [1.54, 1.807) is 0 Å². The summed E-state index contributed by atoms with van der Waals surface area (Å²) in [6.07, 6.45) is 0. The van der Waals surface area contributed by atoms with Crippen LogP contribution in [0.15, 0.2) is 117 Å². The highest BCUT2D eigenvalue weighted by Crippen LogP contribution is 2.50. The summed E-state index contributed by atoms with van der Waals surface area (Å²) in [4.78, 5) is 21.9. The molecule has 0 saturated heterocycles. The van der Waals surface area contributed by atoms with Crippen LogP contribution in [0.1, 0.15) is 49.9 Å². The van der Waals surface area contributed by atoms with Crippen LogP contribution in [-0.4, -0.2) is 48.2 Å². The molecular weight excluding hydrogens is 568 g/mol. The number of benzene rings is 4. The summed E-state index contributed by atoms with van der Waals surface area (Å²) < 4.78 is 9.44. The lowest BCUT2D eigenvalue weighted by Crippen LogP contribution is -2.65. The molecule has 0 aliphatic carbocycles. The average Bonchev–Trinajstić information content (AvgIpc) is 3.75. The summed E-state index contributed by atoms with van der Waals surface area (Å²) in [5, 5.41) is 4.37. The van der Waals surface area contributed by atoms with Crippen molar-refractivity contribution in [1.82, 2.24) is 9.13 Å². The van der Waals surface area contributed by atoms with Gasteiger partial charge in [0.1, 0.15) is 6.54 Å². The van der Waals surface area contributed by atoms with Crippen LogP contribution >= 0.6 is 0 Å². The molecule has 8 nitrogen and oxygen atoms in total. The van der Waals surface area contributed by atoms with Gasteiger partial charge in [0.25, 0.3) is 29.1 Å². The SMILES string of the molecule is CC.CC.c1ccc2c(c1)C1=Nc3c4ccccc4c4n3C35C[N+]1=C2N=c1c2ccccc2c(n13)=NC1=[N+]5C(=N4)c2ccccc21. The predicted molar refractivity (Wildman–Crippen MR) is 181 cm³/mol. The van der Waals surface area contributed by atoms with Crippen LogP contribution < -0.4 is 11.0 Å². The Morgan fingerprint density at radius 1 is 0.500 bits per heavy atom. The van der Waals surface area contributed by atoms with Crippen molar-refractivity contribution in [2.24, 2.45) is 20.0 Å². The molecule has 8 heteroatoms. The molecule has 0 N–H and O–H groups in total. The molecule has 0 amide bonds. The maximum Gasteiger partial charge on any atom is 0.295 e. The second-order valence-electron chi connectivity index (χ2n) is 11.6. The first kappa shape index (κ1) is 25.6. The molecule has 4 aromatic carbocycles. The van der Waals surface area contributed by atoms with Gasteiger partial charge in [-0.3, -0.25) is 0 Å². The monoisotopic (exact) mass is 598 g/mol. The standard InChI is InChI=1S/C34H18N8.2C2H6/c1-2-10-19-18(9-1)26-35-28-20-11-3-5-13-22(20)30-37-32-24-15-7-8-16-25(24)33-38-31-23-14-6-4-12-21(23)29-36-27(19)39(26)17-34(40(28)30,41(29)31)42(32)33;2*1-2/h1-16H,17H2;2*1-2H3/q+2;;. The molecule has 46 heavy (non-hydrogen) atoms. The molecule has 8 heterocycles. The summed E-state index contributed by atoms with van der Waals surface area (Å²) in [7, 11) is 0. The van der Waals surface area contributed by atoms with Gasteiger partial charge in [-0.2, -0.15) is 4.58 Å². The number of fused-ring (bicyclic) bond motifs is 12. The number of nitrogens with zero attached hydrogens (tertiary/aromatic N) is 8. The van der Waals surface area contributed by atoms with Crippen molar-refractivity contribution in [3.63, 3.8) is 0 Å². The molecule has 1 atom stereocenters. The highest BCUT2D eigenvalue weighted by atomic mass is 15.6. The van der Waals surface area contributed by atoms with Gasteiger partial charge in [0.15, 0.2) is 0 Å². The molecule has 1 spiro atoms. The fourth-order valence-corrected chi connectivity index (χ4v) is 8.10. The third-order valence-electron chi connectivity index (χ3n) is 9.71. The van der Waals surface area contributed by atoms with Gasteiger partial charge >= 0.3 is 0 Å². The van der Waals surface area contributed by atoms with Crippen LogP contribution in [0.2, 0.25) is 0 Å². The molecular formula is C38H30N8+2. The zero-order chi connectivity index (χ0) is 30.9. The van der Waals surface area contributed by atoms with Crippen LogP contribution in [0.25, 0.3) is 21.5 Å². The number of hydrogen-bond donors (Lipinski definition) is 0. The number of amidine groups is 4. The van der Waals surface area contributed by atoms with Crippen molar-refractivity contribution >= 4 is 56.5 Å². The van der Waals surface area contributed by atoms with Crippen molar-refractivity contribution in [1.29, 1.82) is 0 Å². The van der Waals surface area contributed by atoms with Gasteiger partial charge in [-0.15, -0.1) is 0 Å². The van der Waals surface area contributed by atoms with Crippen LogP contribution in [0.3, 0.4) is 0 Å². The predicted octanol–water partition coefficient (Wildman–Crippen LogP) is 5.80. The number of aliphatic imine (C=N–C) groups is 2. The Hall–Kier alpha value is -5.76. The fraction of sp³-hybridized carbons (Fsp3) is 0.158. The van der Waals surface area contributed by atoms with Crippen LogP contribution in [0, 0.1) is 0 Å². The van der Waals surface area contributed by atoms with Crippen molar-refractivity contribution in [3.8, 4) is 0 Å². The summed E-state index contributed by atoms with van der Waals surface area (Å²) in [5.41, 5.74) is 6.23. The first-order valence-corrected chi connectivity index (χ1v) is 16.2. The Morgan fingerprint density at radius 2 is 0.957 bits per heavy atom. The Bertz CT molecular complexity index is 2640. The minimum atomic E-state index is -0.793. The quantitative estimate of drug-likeness (QED) is 0.199. The molecule has 220 valence electrons. The molecule has 0 fully saturated rings. The second kappa shape index (κ2) is 8.69. The zero-order valence-electron chi connectivity index (χ0n) is 26.0. The highest BCUT2D eigenvalue weighted by Gasteiger charge is 2.63. The molecule has 6 aliphatic heterocycles. The van der Waals surface area contributed by atoms with E-state index in [-0.39, 0.29) is 0 Å². The molecule has 0 radical (unpaired) electrons. The fourth-order valence-electron chi connectivity index (χ4n) is 8.10. The van der Waals surface area contributed by atoms with Crippen molar-refractivity contribution in [2.75, 3.05) is 6.54 Å². The minimum absolute atomic E-state index is 0.591. The van der Waals surface area contributed by atoms with E-state index in [1.807, 2.05) is 27.7 Å². The van der Waals surface area contributed by atoms with Crippen molar-refractivity contribution < 1.29 is 9.15 Å². The molecule has 2 aromatic heterocycles. The second-order valence-corrected chi connectivity index (χ2v) is 11.6. The summed E-state index contributed by atoms with van der Waals surface area (Å²) in [6.45, 7) is 8.59. The smallest absolute Gasteiger partial charge is 0.223 e. The van der Waals surface area contributed by atoms with Crippen LogP contribution in [0.5, 0.6) is 0 Å². The Balaban J connectivity index is 0.000000665. The molecule has 0 saturated carbocycles. The van der Waals surface area contributed by atoms with Gasteiger partial charge in [-0.05, 0) is 48.5 Å². The lowest BCUT2D eigenvalue weighted by molar-refractivity contribution is -0.604. The zero-order valence-corrected chi connectivity index (χ0v) is 26.0. The molecule has 6 aromatic rings. The van der Waals surface area contributed by atoms with Gasteiger partial charge in [-0.25, -0.2) is 13.7 Å². The summed E-state index contributed by atoms with van der Waals surface area (Å²) in [5.74, 6) is 4.73. The first-order chi connectivity index (χ1) is 22.8. The maximum absolute atomic E-state index is 5.51.